The van der Waals surface area contributed by atoms with E-state index < -0.39 is 27.6 Å². The van der Waals surface area contributed by atoms with E-state index in [1.807, 2.05) is 0 Å². The van der Waals surface area contributed by atoms with E-state index in [1.54, 1.807) is 0 Å². The number of hydrogen-bond acceptors (Lipinski definition) is 3. The Hall–Kier alpha value is -2.03. The fourth-order valence-electron chi connectivity index (χ4n) is 1.85. The highest BCUT2D eigenvalue weighted by Gasteiger charge is 2.15. The van der Waals surface area contributed by atoms with Crippen molar-refractivity contribution in [2.75, 3.05) is 13.1 Å². The van der Waals surface area contributed by atoms with E-state index in [0.717, 1.165) is 12.1 Å². The monoisotopic (exact) mass is 374 g/mol. The van der Waals surface area contributed by atoms with Gasteiger partial charge in [-0.2, -0.15) is 0 Å². The molecule has 24 heavy (non-hydrogen) atoms. The van der Waals surface area contributed by atoms with E-state index in [9.17, 15) is 22.0 Å². The first-order valence-corrected chi connectivity index (χ1v) is 8.64. The number of rotatable bonds is 6. The van der Waals surface area contributed by atoms with Gasteiger partial charge < -0.3 is 5.32 Å². The van der Waals surface area contributed by atoms with Crippen molar-refractivity contribution in [3.8, 4) is 0 Å². The zero-order valence-corrected chi connectivity index (χ0v) is 13.8. The average molecular weight is 375 g/mol. The van der Waals surface area contributed by atoms with Crippen LogP contribution < -0.4 is 10.0 Å². The van der Waals surface area contributed by atoms with Crippen molar-refractivity contribution >= 4 is 27.5 Å². The van der Waals surface area contributed by atoms with Crippen LogP contribution in [0.15, 0.2) is 47.4 Å². The highest BCUT2D eigenvalue weighted by Crippen LogP contribution is 2.15. The summed E-state index contributed by atoms with van der Waals surface area (Å²) in [4.78, 5) is 11.7. The lowest BCUT2D eigenvalue weighted by atomic mass is 10.2. The summed E-state index contributed by atoms with van der Waals surface area (Å²) in [5, 5.41) is 2.62. The normalized spacial score (nSPS) is 11.3. The Kier molecular flexibility index (Phi) is 5.87. The number of amides is 1. The third-order valence-corrected chi connectivity index (χ3v) is 4.68. The largest absolute Gasteiger partial charge is 0.351 e. The van der Waals surface area contributed by atoms with Crippen molar-refractivity contribution in [3.63, 3.8) is 0 Å². The predicted molar refractivity (Wildman–Crippen MR) is 85.3 cm³/mol. The molecule has 0 bridgehead atoms. The van der Waals surface area contributed by atoms with E-state index >= 15 is 0 Å². The Balaban J connectivity index is 1.89. The van der Waals surface area contributed by atoms with E-state index in [1.165, 1.54) is 24.3 Å². The lowest BCUT2D eigenvalue weighted by Crippen LogP contribution is -2.35. The maximum atomic E-state index is 13.4. The first kappa shape index (κ1) is 18.3. The molecule has 0 saturated carbocycles. The van der Waals surface area contributed by atoms with E-state index in [-0.39, 0.29) is 28.6 Å². The third kappa shape index (κ3) is 4.73. The van der Waals surface area contributed by atoms with Crippen LogP contribution in [0.5, 0.6) is 0 Å². The minimum Gasteiger partial charge on any atom is -0.351 e. The van der Waals surface area contributed by atoms with Crippen molar-refractivity contribution in [2.45, 2.75) is 4.90 Å². The summed E-state index contributed by atoms with van der Waals surface area (Å²) in [7, 11) is -3.77. The standard InChI is InChI=1S/C15H13ClF2N2O3S/c16-10-2-1-3-12(8-10)24(22,23)20-7-6-19-15(21)13-5-4-11(17)9-14(13)18/h1-5,8-9,20H,6-7H2,(H,19,21). The Morgan fingerprint density at radius 1 is 1.08 bits per heavy atom. The van der Waals surface area contributed by atoms with Gasteiger partial charge in [0, 0.05) is 24.2 Å². The molecule has 0 spiro atoms. The lowest BCUT2D eigenvalue weighted by Gasteiger charge is -2.09. The Morgan fingerprint density at radius 3 is 2.50 bits per heavy atom. The van der Waals surface area contributed by atoms with Gasteiger partial charge in [0.25, 0.3) is 5.91 Å². The molecule has 2 aromatic carbocycles. The fraction of sp³-hybridized carbons (Fsp3) is 0.133. The molecule has 0 aromatic heterocycles. The zero-order valence-electron chi connectivity index (χ0n) is 12.2. The second kappa shape index (κ2) is 7.69. The van der Waals surface area contributed by atoms with Crippen molar-refractivity contribution < 1.29 is 22.0 Å². The van der Waals surface area contributed by atoms with Crippen LogP contribution in [0.25, 0.3) is 0 Å². The minimum absolute atomic E-state index is 0.00842. The van der Waals surface area contributed by atoms with Crippen LogP contribution >= 0.6 is 11.6 Å². The molecule has 128 valence electrons. The predicted octanol–water partition coefficient (Wildman–Crippen LogP) is 2.33. The van der Waals surface area contributed by atoms with Crippen LogP contribution in [0, 0.1) is 11.6 Å². The van der Waals surface area contributed by atoms with Gasteiger partial charge in [0.15, 0.2) is 0 Å². The molecular weight excluding hydrogens is 362 g/mol. The SMILES string of the molecule is O=C(NCCNS(=O)(=O)c1cccc(Cl)c1)c1ccc(F)cc1F. The number of carbonyl (C=O) groups is 1. The molecular formula is C15H13ClF2N2O3S. The summed E-state index contributed by atoms with van der Waals surface area (Å²) in [6, 6.07) is 8.26. The van der Waals surface area contributed by atoms with Crippen LogP contribution in [0.3, 0.4) is 0 Å². The van der Waals surface area contributed by atoms with Gasteiger partial charge in [-0.1, -0.05) is 17.7 Å². The molecule has 0 unspecified atom stereocenters. The average Bonchev–Trinajstić information content (AvgIpc) is 2.51. The number of carbonyl (C=O) groups excluding carboxylic acids is 1. The molecule has 2 rings (SSSR count). The topological polar surface area (TPSA) is 75.3 Å². The molecule has 0 aliphatic rings. The maximum absolute atomic E-state index is 13.4. The Bertz CT molecular complexity index is 860. The van der Waals surface area contributed by atoms with Gasteiger partial charge in [-0.05, 0) is 30.3 Å². The Morgan fingerprint density at radius 2 is 1.83 bits per heavy atom. The van der Waals surface area contributed by atoms with Crippen molar-refractivity contribution in [1.29, 1.82) is 0 Å². The van der Waals surface area contributed by atoms with Gasteiger partial charge in [0.05, 0.1) is 10.5 Å². The van der Waals surface area contributed by atoms with Gasteiger partial charge >= 0.3 is 0 Å². The fourth-order valence-corrected chi connectivity index (χ4v) is 3.18. The molecule has 1 amide bonds. The molecule has 0 aliphatic carbocycles. The highest BCUT2D eigenvalue weighted by atomic mass is 35.5. The van der Waals surface area contributed by atoms with Crippen molar-refractivity contribution in [1.82, 2.24) is 10.0 Å². The summed E-state index contributed by atoms with van der Waals surface area (Å²) < 4.78 is 52.5. The van der Waals surface area contributed by atoms with Crippen molar-refractivity contribution in [3.05, 3.63) is 64.7 Å². The molecule has 0 atom stereocenters. The molecule has 5 nitrogen and oxygen atoms in total. The van der Waals surface area contributed by atoms with Gasteiger partial charge in [-0.15, -0.1) is 0 Å². The first-order valence-electron chi connectivity index (χ1n) is 6.78. The molecule has 0 saturated heterocycles. The summed E-state index contributed by atoms with van der Waals surface area (Å²) in [5.74, 6) is -2.56. The van der Waals surface area contributed by atoms with Crippen molar-refractivity contribution in [2.24, 2.45) is 0 Å². The van der Waals surface area contributed by atoms with Gasteiger partial charge in [0.1, 0.15) is 11.6 Å². The van der Waals surface area contributed by atoms with Crippen LogP contribution in [0.4, 0.5) is 8.78 Å². The summed E-state index contributed by atoms with van der Waals surface area (Å²) in [6.07, 6.45) is 0. The van der Waals surface area contributed by atoms with Crippen LogP contribution in [0.1, 0.15) is 10.4 Å². The maximum Gasteiger partial charge on any atom is 0.254 e. The third-order valence-electron chi connectivity index (χ3n) is 2.98. The van der Waals surface area contributed by atoms with E-state index in [0.29, 0.717) is 6.07 Å². The summed E-state index contributed by atoms with van der Waals surface area (Å²) >= 11 is 5.74. The quantitative estimate of drug-likeness (QED) is 0.762. The molecule has 0 fully saturated rings. The molecule has 0 aliphatic heterocycles. The number of sulfonamides is 1. The zero-order chi connectivity index (χ0) is 17.7. The molecule has 2 aromatic rings. The van der Waals surface area contributed by atoms with E-state index in [2.05, 4.69) is 10.0 Å². The molecule has 9 heteroatoms. The second-order valence-electron chi connectivity index (χ2n) is 4.74. The molecule has 2 N–H and O–H groups in total. The summed E-state index contributed by atoms with van der Waals surface area (Å²) in [5.41, 5.74) is -0.325. The van der Waals surface area contributed by atoms with Gasteiger partial charge in [0.2, 0.25) is 10.0 Å². The minimum atomic E-state index is -3.77. The van der Waals surface area contributed by atoms with E-state index in [4.69, 9.17) is 11.6 Å². The van der Waals surface area contributed by atoms with Crippen LogP contribution in [0.2, 0.25) is 5.02 Å². The van der Waals surface area contributed by atoms with Gasteiger partial charge in [-0.25, -0.2) is 21.9 Å². The Labute approximate surface area is 142 Å². The lowest BCUT2D eigenvalue weighted by molar-refractivity contribution is 0.0950. The van der Waals surface area contributed by atoms with Crippen LogP contribution in [-0.2, 0) is 10.0 Å². The number of nitrogens with one attached hydrogen (secondary N) is 2. The number of halogens is 3. The van der Waals surface area contributed by atoms with Crippen LogP contribution in [-0.4, -0.2) is 27.4 Å². The molecule has 0 radical (unpaired) electrons. The number of benzene rings is 2. The smallest absolute Gasteiger partial charge is 0.254 e. The second-order valence-corrected chi connectivity index (χ2v) is 6.94. The first-order chi connectivity index (χ1) is 11.3. The number of hydrogen-bond donors (Lipinski definition) is 2. The molecule has 0 heterocycles. The highest BCUT2D eigenvalue weighted by molar-refractivity contribution is 7.89. The summed E-state index contributed by atoms with van der Waals surface area (Å²) in [6.45, 7) is -0.182. The van der Waals surface area contributed by atoms with Gasteiger partial charge in [-0.3, -0.25) is 4.79 Å².